The first-order chi connectivity index (χ1) is 12.2. The topological polar surface area (TPSA) is 49.3 Å². The van der Waals surface area contributed by atoms with Crippen molar-refractivity contribution in [3.63, 3.8) is 0 Å². The molecule has 0 unspecified atom stereocenters. The third kappa shape index (κ3) is 7.22. The Labute approximate surface area is 153 Å². The Kier molecular flexibility index (Phi) is 8.39. The minimum Gasteiger partial charge on any atom is -0.357 e. The summed E-state index contributed by atoms with van der Waals surface area (Å²) in [6.45, 7) is 6.55. The van der Waals surface area contributed by atoms with E-state index in [-0.39, 0.29) is 5.82 Å². The van der Waals surface area contributed by atoms with Gasteiger partial charge in [-0.25, -0.2) is 9.37 Å². The summed E-state index contributed by atoms with van der Waals surface area (Å²) in [5, 5.41) is 7.76. The average molecular weight is 363 g/mol. The number of thiazole rings is 1. The van der Waals surface area contributed by atoms with Gasteiger partial charge in [0, 0.05) is 37.1 Å². The molecule has 1 aromatic heterocycles. The summed E-state index contributed by atoms with van der Waals surface area (Å²) < 4.78 is 13.2. The number of nitrogens with zero attached hydrogens (tertiary/aromatic N) is 2. The Morgan fingerprint density at radius 1 is 1.24 bits per heavy atom. The fourth-order valence-corrected chi connectivity index (χ4v) is 3.29. The van der Waals surface area contributed by atoms with Crippen LogP contribution < -0.4 is 10.6 Å². The van der Waals surface area contributed by atoms with Crippen LogP contribution in [0.3, 0.4) is 0 Å². The van der Waals surface area contributed by atoms with Gasteiger partial charge in [0.15, 0.2) is 5.96 Å². The van der Waals surface area contributed by atoms with Gasteiger partial charge in [-0.2, -0.15) is 0 Å². The number of hydrogen-bond donors (Lipinski definition) is 2. The number of rotatable bonds is 9. The van der Waals surface area contributed by atoms with E-state index < -0.39 is 0 Å². The summed E-state index contributed by atoms with van der Waals surface area (Å²) in [6.07, 6.45) is 5.64. The van der Waals surface area contributed by atoms with Crippen LogP contribution >= 0.6 is 11.3 Å². The van der Waals surface area contributed by atoms with Crippen molar-refractivity contribution in [1.82, 2.24) is 15.6 Å². The lowest BCUT2D eigenvalue weighted by molar-refractivity contribution is 0.624. The molecule has 25 heavy (non-hydrogen) atoms. The number of guanidine groups is 1. The molecule has 4 nitrogen and oxygen atoms in total. The van der Waals surface area contributed by atoms with Crippen molar-refractivity contribution in [3.05, 3.63) is 51.7 Å². The summed E-state index contributed by atoms with van der Waals surface area (Å²) in [5.41, 5.74) is 1.02. The molecule has 0 aliphatic carbocycles. The number of benzene rings is 1. The van der Waals surface area contributed by atoms with E-state index >= 15 is 0 Å². The first-order valence-corrected chi connectivity index (χ1v) is 9.73. The predicted octanol–water partition coefficient (Wildman–Crippen LogP) is 3.58. The van der Waals surface area contributed by atoms with Gasteiger partial charge in [0.1, 0.15) is 5.82 Å². The molecule has 0 spiro atoms. The molecule has 1 aromatic carbocycles. The van der Waals surface area contributed by atoms with Crippen LogP contribution in [0.15, 0.2) is 35.5 Å². The first kappa shape index (κ1) is 19.4. The Bertz CT molecular complexity index is 669. The first-order valence-electron chi connectivity index (χ1n) is 8.91. The van der Waals surface area contributed by atoms with Crippen LogP contribution in [-0.4, -0.2) is 30.6 Å². The lowest BCUT2D eigenvalue weighted by atomic mass is 10.1. The Morgan fingerprint density at radius 3 is 2.84 bits per heavy atom. The van der Waals surface area contributed by atoms with Crippen LogP contribution in [0.5, 0.6) is 0 Å². The quantitative estimate of drug-likeness (QED) is 0.407. The maximum atomic E-state index is 13.2. The highest BCUT2D eigenvalue weighted by molar-refractivity contribution is 7.11. The molecule has 0 saturated carbocycles. The number of aliphatic imine (C=N–C) groups is 1. The second-order valence-corrected chi connectivity index (χ2v) is 6.94. The van der Waals surface area contributed by atoms with Gasteiger partial charge in [0.05, 0.1) is 5.01 Å². The highest BCUT2D eigenvalue weighted by atomic mass is 32.1. The van der Waals surface area contributed by atoms with Crippen molar-refractivity contribution < 1.29 is 4.39 Å². The summed E-state index contributed by atoms with van der Waals surface area (Å²) in [7, 11) is 0. The number of halogens is 1. The molecule has 2 N–H and O–H groups in total. The number of nitrogens with one attached hydrogen (secondary N) is 2. The molecule has 2 rings (SSSR count). The van der Waals surface area contributed by atoms with Gasteiger partial charge in [-0.1, -0.05) is 19.1 Å². The molecular formula is C19H27FN4S. The summed E-state index contributed by atoms with van der Waals surface area (Å²) in [6, 6.07) is 6.77. The van der Waals surface area contributed by atoms with Crippen molar-refractivity contribution in [2.24, 2.45) is 4.99 Å². The van der Waals surface area contributed by atoms with Crippen LogP contribution in [0, 0.1) is 5.82 Å². The molecule has 0 amide bonds. The lowest BCUT2D eigenvalue weighted by Crippen LogP contribution is -2.38. The van der Waals surface area contributed by atoms with Crippen molar-refractivity contribution in [1.29, 1.82) is 0 Å². The van der Waals surface area contributed by atoms with E-state index in [0.717, 1.165) is 55.3 Å². The number of aryl methyl sites for hydroxylation is 2. The van der Waals surface area contributed by atoms with E-state index in [4.69, 9.17) is 0 Å². The molecule has 136 valence electrons. The lowest BCUT2D eigenvalue weighted by Gasteiger charge is -2.10. The Morgan fingerprint density at radius 2 is 2.12 bits per heavy atom. The largest absolute Gasteiger partial charge is 0.357 e. The van der Waals surface area contributed by atoms with E-state index in [0.29, 0.717) is 6.54 Å². The fraction of sp³-hybridized carbons (Fsp3) is 0.474. The zero-order valence-corrected chi connectivity index (χ0v) is 15.8. The van der Waals surface area contributed by atoms with Gasteiger partial charge in [0.2, 0.25) is 0 Å². The minimum absolute atomic E-state index is 0.176. The van der Waals surface area contributed by atoms with E-state index in [2.05, 4.69) is 34.5 Å². The number of aromatic nitrogens is 1. The third-order valence-electron chi connectivity index (χ3n) is 3.71. The molecule has 0 aliphatic heterocycles. The van der Waals surface area contributed by atoms with Gasteiger partial charge >= 0.3 is 0 Å². The van der Waals surface area contributed by atoms with Gasteiger partial charge in [-0.3, -0.25) is 4.99 Å². The molecule has 0 aliphatic rings. The van der Waals surface area contributed by atoms with Crippen LogP contribution in [0.2, 0.25) is 0 Å². The normalized spacial score (nSPS) is 11.6. The molecule has 0 bridgehead atoms. The molecule has 0 radical (unpaired) electrons. The van der Waals surface area contributed by atoms with Gasteiger partial charge in [-0.05, 0) is 43.9 Å². The summed E-state index contributed by atoms with van der Waals surface area (Å²) in [5.74, 6) is 0.651. The SMILES string of the molecule is CCNC(=NCCCc1cccc(F)c1)NCCc1ncc(CC)s1. The van der Waals surface area contributed by atoms with Gasteiger partial charge in [0.25, 0.3) is 0 Å². The smallest absolute Gasteiger partial charge is 0.191 e. The van der Waals surface area contributed by atoms with Crippen LogP contribution in [0.1, 0.15) is 35.7 Å². The van der Waals surface area contributed by atoms with Crippen molar-refractivity contribution >= 4 is 17.3 Å². The maximum Gasteiger partial charge on any atom is 0.191 e. The van der Waals surface area contributed by atoms with Crippen molar-refractivity contribution in [2.75, 3.05) is 19.6 Å². The zero-order chi connectivity index (χ0) is 17.9. The van der Waals surface area contributed by atoms with Crippen molar-refractivity contribution in [2.45, 2.75) is 39.5 Å². The van der Waals surface area contributed by atoms with Gasteiger partial charge < -0.3 is 10.6 Å². The van der Waals surface area contributed by atoms with E-state index in [1.807, 2.05) is 12.3 Å². The molecule has 0 atom stereocenters. The molecule has 0 fully saturated rings. The van der Waals surface area contributed by atoms with Gasteiger partial charge in [-0.15, -0.1) is 11.3 Å². The zero-order valence-electron chi connectivity index (χ0n) is 15.0. The monoisotopic (exact) mass is 362 g/mol. The maximum absolute atomic E-state index is 13.2. The summed E-state index contributed by atoms with van der Waals surface area (Å²) >= 11 is 1.78. The van der Waals surface area contributed by atoms with E-state index in [1.165, 1.54) is 10.9 Å². The second kappa shape index (κ2) is 10.8. The van der Waals surface area contributed by atoms with Crippen LogP contribution in [-0.2, 0) is 19.3 Å². The number of hydrogen-bond acceptors (Lipinski definition) is 3. The molecule has 6 heteroatoms. The summed E-state index contributed by atoms with van der Waals surface area (Å²) in [4.78, 5) is 10.3. The fourth-order valence-electron chi connectivity index (χ4n) is 2.42. The Hall–Kier alpha value is -1.95. The minimum atomic E-state index is -0.176. The van der Waals surface area contributed by atoms with Crippen molar-refractivity contribution in [3.8, 4) is 0 Å². The van der Waals surface area contributed by atoms with Crippen LogP contribution in [0.4, 0.5) is 4.39 Å². The molecule has 2 aromatic rings. The average Bonchev–Trinajstić information content (AvgIpc) is 3.07. The highest BCUT2D eigenvalue weighted by Gasteiger charge is 2.02. The molecule has 1 heterocycles. The second-order valence-electron chi connectivity index (χ2n) is 5.74. The standard InChI is InChI=1S/C19H27FN4S/c1-3-17-14-24-18(25-17)10-12-23-19(21-4-2)22-11-6-8-15-7-5-9-16(20)13-15/h5,7,9,13-14H,3-4,6,8,10-12H2,1-2H3,(H2,21,22,23). The molecule has 0 saturated heterocycles. The van der Waals surface area contributed by atoms with E-state index in [1.54, 1.807) is 23.5 Å². The Balaban J connectivity index is 1.73. The molecular weight excluding hydrogens is 335 g/mol. The van der Waals surface area contributed by atoms with E-state index in [9.17, 15) is 4.39 Å². The highest BCUT2D eigenvalue weighted by Crippen LogP contribution is 2.13. The third-order valence-corrected chi connectivity index (χ3v) is 4.91. The van der Waals surface area contributed by atoms with Crippen LogP contribution in [0.25, 0.3) is 0 Å². The predicted molar refractivity (Wildman–Crippen MR) is 104 cm³/mol.